The second-order valence-electron chi connectivity index (χ2n) is 4.21. The SMILES string of the molecule is CCC1NC(=O)CN(CCOC(C)C)C1=O. The van der Waals surface area contributed by atoms with Crippen LogP contribution < -0.4 is 5.32 Å². The molecule has 0 aromatic rings. The van der Waals surface area contributed by atoms with Crippen molar-refractivity contribution in [2.45, 2.75) is 39.3 Å². The van der Waals surface area contributed by atoms with Crippen LogP contribution in [0.5, 0.6) is 0 Å². The Kier molecular flexibility index (Phi) is 4.73. The molecule has 0 aliphatic carbocycles. The molecule has 0 aromatic carbocycles. The first-order valence-electron chi connectivity index (χ1n) is 5.74. The number of rotatable bonds is 5. The third kappa shape index (κ3) is 3.48. The Bertz CT molecular complexity index is 266. The van der Waals surface area contributed by atoms with Crippen LogP contribution in [0.15, 0.2) is 0 Å². The molecule has 0 aromatic heterocycles. The number of piperazine rings is 1. The highest BCUT2D eigenvalue weighted by molar-refractivity contribution is 5.94. The summed E-state index contributed by atoms with van der Waals surface area (Å²) in [7, 11) is 0. The third-order valence-electron chi connectivity index (χ3n) is 2.50. The van der Waals surface area contributed by atoms with Gasteiger partial charge in [0.25, 0.3) is 0 Å². The summed E-state index contributed by atoms with van der Waals surface area (Å²) in [4.78, 5) is 24.7. The second kappa shape index (κ2) is 5.84. The number of nitrogens with one attached hydrogen (secondary N) is 1. The maximum Gasteiger partial charge on any atom is 0.245 e. The molecule has 0 saturated carbocycles. The van der Waals surface area contributed by atoms with Crippen molar-refractivity contribution < 1.29 is 14.3 Å². The standard InChI is InChI=1S/C11H20N2O3/c1-4-9-11(15)13(7-10(14)12-9)5-6-16-8(2)3/h8-9H,4-7H2,1-3H3,(H,12,14). The molecular formula is C11H20N2O3. The summed E-state index contributed by atoms with van der Waals surface area (Å²) in [6, 6.07) is -0.361. The topological polar surface area (TPSA) is 58.6 Å². The second-order valence-corrected chi connectivity index (χ2v) is 4.21. The monoisotopic (exact) mass is 228 g/mol. The van der Waals surface area contributed by atoms with Gasteiger partial charge < -0.3 is 15.0 Å². The van der Waals surface area contributed by atoms with E-state index >= 15 is 0 Å². The van der Waals surface area contributed by atoms with E-state index in [1.54, 1.807) is 4.90 Å². The first-order chi connectivity index (χ1) is 7.54. The van der Waals surface area contributed by atoms with E-state index in [0.29, 0.717) is 19.6 Å². The summed E-state index contributed by atoms with van der Waals surface area (Å²) in [6.45, 7) is 6.89. The average molecular weight is 228 g/mol. The molecule has 16 heavy (non-hydrogen) atoms. The van der Waals surface area contributed by atoms with Crippen molar-refractivity contribution >= 4 is 11.8 Å². The van der Waals surface area contributed by atoms with E-state index in [-0.39, 0.29) is 30.5 Å². The van der Waals surface area contributed by atoms with Crippen molar-refractivity contribution in [3.63, 3.8) is 0 Å². The lowest BCUT2D eigenvalue weighted by Gasteiger charge is -2.32. The fourth-order valence-corrected chi connectivity index (χ4v) is 1.64. The summed E-state index contributed by atoms with van der Waals surface area (Å²) in [5.41, 5.74) is 0. The Morgan fingerprint density at radius 2 is 2.19 bits per heavy atom. The normalized spacial score (nSPS) is 21.5. The number of ether oxygens (including phenoxy) is 1. The predicted molar refractivity (Wildman–Crippen MR) is 59.9 cm³/mol. The first kappa shape index (κ1) is 13.0. The highest BCUT2D eigenvalue weighted by Crippen LogP contribution is 2.05. The van der Waals surface area contributed by atoms with Gasteiger partial charge in [0.05, 0.1) is 19.3 Å². The minimum absolute atomic E-state index is 0.00513. The summed E-state index contributed by atoms with van der Waals surface area (Å²) < 4.78 is 5.37. The van der Waals surface area contributed by atoms with Crippen LogP contribution in [0.3, 0.4) is 0 Å². The summed E-state index contributed by atoms with van der Waals surface area (Å²) in [5, 5.41) is 2.67. The van der Waals surface area contributed by atoms with Crippen LogP contribution in [0, 0.1) is 0 Å². The Labute approximate surface area is 96.1 Å². The summed E-state index contributed by atoms with van der Waals surface area (Å²) in [5.74, 6) is -0.0922. The number of hydrogen-bond donors (Lipinski definition) is 1. The predicted octanol–water partition coefficient (Wildman–Crippen LogP) is 0.148. The van der Waals surface area contributed by atoms with Gasteiger partial charge in [-0.3, -0.25) is 9.59 Å². The van der Waals surface area contributed by atoms with Crippen LogP contribution in [-0.2, 0) is 14.3 Å². The molecule has 1 rings (SSSR count). The summed E-state index contributed by atoms with van der Waals surface area (Å²) >= 11 is 0. The molecule has 92 valence electrons. The van der Waals surface area contributed by atoms with Gasteiger partial charge in [-0.2, -0.15) is 0 Å². The minimum Gasteiger partial charge on any atom is -0.377 e. The fraction of sp³-hybridized carbons (Fsp3) is 0.818. The zero-order valence-corrected chi connectivity index (χ0v) is 10.2. The molecule has 0 radical (unpaired) electrons. The molecule has 1 atom stereocenters. The lowest BCUT2D eigenvalue weighted by molar-refractivity contribution is -0.145. The van der Waals surface area contributed by atoms with E-state index in [4.69, 9.17) is 4.74 Å². The molecule has 5 nitrogen and oxygen atoms in total. The van der Waals surface area contributed by atoms with E-state index in [1.165, 1.54) is 0 Å². The largest absolute Gasteiger partial charge is 0.377 e. The van der Waals surface area contributed by atoms with Gasteiger partial charge >= 0.3 is 0 Å². The molecule has 5 heteroatoms. The quantitative estimate of drug-likeness (QED) is 0.728. The van der Waals surface area contributed by atoms with Crippen LogP contribution in [0.2, 0.25) is 0 Å². The van der Waals surface area contributed by atoms with Crippen molar-refractivity contribution in [3.05, 3.63) is 0 Å². The van der Waals surface area contributed by atoms with Crippen molar-refractivity contribution in [1.29, 1.82) is 0 Å². The molecule has 0 bridgehead atoms. The van der Waals surface area contributed by atoms with Crippen LogP contribution in [0.25, 0.3) is 0 Å². The highest BCUT2D eigenvalue weighted by Gasteiger charge is 2.30. The van der Waals surface area contributed by atoms with Gasteiger partial charge in [0.15, 0.2) is 0 Å². The molecular weight excluding hydrogens is 208 g/mol. The van der Waals surface area contributed by atoms with Crippen molar-refractivity contribution in [2.75, 3.05) is 19.7 Å². The van der Waals surface area contributed by atoms with Crippen LogP contribution in [0.1, 0.15) is 27.2 Å². The van der Waals surface area contributed by atoms with Gasteiger partial charge in [0.1, 0.15) is 6.04 Å². The Morgan fingerprint density at radius 3 is 2.75 bits per heavy atom. The number of hydrogen-bond acceptors (Lipinski definition) is 3. The van der Waals surface area contributed by atoms with Crippen LogP contribution >= 0.6 is 0 Å². The maximum absolute atomic E-state index is 11.8. The highest BCUT2D eigenvalue weighted by atomic mass is 16.5. The fourth-order valence-electron chi connectivity index (χ4n) is 1.64. The van der Waals surface area contributed by atoms with Gasteiger partial charge in [0, 0.05) is 6.54 Å². The molecule has 1 saturated heterocycles. The summed E-state index contributed by atoms with van der Waals surface area (Å²) in [6.07, 6.45) is 0.780. The van der Waals surface area contributed by atoms with E-state index in [2.05, 4.69) is 5.32 Å². The van der Waals surface area contributed by atoms with Gasteiger partial charge in [-0.05, 0) is 20.3 Å². The molecule has 1 unspecified atom stereocenters. The van der Waals surface area contributed by atoms with E-state index in [9.17, 15) is 9.59 Å². The average Bonchev–Trinajstić information content (AvgIpc) is 2.22. The zero-order chi connectivity index (χ0) is 12.1. The number of amides is 2. The van der Waals surface area contributed by atoms with Crippen LogP contribution in [-0.4, -0.2) is 48.6 Å². The number of carbonyl (C=O) groups is 2. The van der Waals surface area contributed by atoms with Crippen molar-refractivity contribution in [1.82, 2.24) is 10.2 Å². The van der Waals surface area contributed by atoms with Crippen molar-refractivity contribution in [2.24, 2.45) is 0 Å². The lowest BCUT2D eigenvalue weighted by atomic mass is 10.1. The Balaban J connectivity index is 2.44. The minimum atomic E-state index is -0.361. The third-order valence-corrected chi connectivity index (χ3v) is 2.50. The molecule has 1 heterocycles. The number of nitrogens with zero attached hydrogens (tertiary/aromatic N) is 1. The molecule has 0 spiro atoms. The van der Waals surface area contributed by atoms with Crippen LogP contribution in [0.4, 0.5) is 0 Å². The zero-order valence-electron chi connectivity index (χ0n) is 10.2. The Hall–Kier alpha value is -1.10. The van der Waals surface area contributed by atoms with E-state index in [0.717, 1.165) is 0 Å². The van der Waals surface area contributed by atoms with Gasteiger partial charge in [-0.15, -0.1) is 0 Å². The van der Waals surface area contributed by atoms with Gasteiger partial charge in [-0.25, -0.2) is 0 Å². The molecule has 1 aliphatic heterocycles. The number of carbonyl (C=O) groups excluding carboxylic acids is 2. The van der Waals surface area contributed by atoms with Gasteiger partial charge in [0.2, 0.25) is 11.8 Å². The molecule has 1 aliphatic rings. The Morgan fingerprint density at radius 1 is 1.50 bits per heavy atom. The molecule has 1 fully saturated rings. The lowest BCUT2D eigenvalue weighted by Crippen LogP contribution is -2.58. The maximum atomic E-state index is 11.8. The molecule has 2 amide bonds. The van der Waals surface area contributed by atoms with Gasteiger partial charge in [-0.1, -0.05) is 6.92 Å². The van der Waals surface area contributed by atoms with E-state index in [1.807, 2.05) is 20.8 Å². The van der Waals surface area contributed by atoms with Crippen molar-refractivity contribution in [3.8, 4) is 0 Å². The molecule has 1 N–H and O–H groups in total. The smallest absolute Gasteiger partial charge is 0.245 e. The van der Waals surface area contributed by atoms with E-state index < -0.39 is 0 Å². The first-order valence-corrected chi connectivity index (χ1v) is 5.74.